The minimum absolute atomic E-state index is 0.284. The van der Waals surface area contributed by atoms with Gasteiger partial charge in [-0.2, -0.15) is 0 Å². The Balaban J connectivity index is 2.41. The van der Waals surface area contributed by atoms with Gasteiger partial charge in [-0.25, -0.2) is 0 Å². The maximum atomic E-state index is 9.32. The normalized spacial score (nSPS) is 12.8. The Labute approximate surface area is 100 Å². The molecule has 0 spiro atoms. The van der Waals surface area contributed by atoms with E-state index in [2.05, 4.69) is 5.32 Å². The van der Waals surface area contributed by atoms with Crippen molar-refractivity contribution in [3.63, 3.8) is 0 Å². The summed E-state index contributed by atoms with van der Waals surface area (Å²) in [6.45, 7) is 3.23. The highest BCUT2D eigenvalue weighted by Crippen LogP contribution is 2.22. The molecule has 4 heteroatoms. The van der Waals surface area contributed by atoms with Crippen molar-refractivity contribution >= 4 is 23.2 Å². The van der Waals surface area contributed by atoms with Crippen molar-refractivity contribution in [1.82, 2.24) is 5.32 Å². The predicted molar refractivity (Wildman–Crippen MR) is 64.5 cm³/mol. The third-order valence-corrected chi connectivity index (χ3v) is 2.90. The fourth-order valence-electron chi connectivity index (χ4n) is 1.18. The number of benzene rings is 1. The Hall–Kier alpha value is -0.280. The zero-order chi connectivity index (χ0) is 11.3. The maximum Gasteiger partial charge on any atom is 0.0662 e. The van der Waals surface area contributed by atoms with Crippen LogP contribution in [0.25, 0.3) is 0 Å². The molecule has 0 aromatic heterocycles. The van der Waals surface area contributed by atoms with Gasteiger partial charge in [0, 0.05) is 13.1 Å². The molecule has 0 fully saturated rings. The van der Waals surface area contributed by atoms with Crippen LogP contribution in [0.1, 0.15) is 18.9 Å². The third-order valence-electron chi connectivity index (χ3n) is 2.16. The van der Waals surface area contributed by atoms with Crippen LogP contribution in [0.5, 0.6) is 0 Å². The van der Waals surface area contributed by atoms with Crippen molar-refractivity contribution in [3.05, 3.63) is 33.8 Å². The monoisotopic (exact) mass is 247 g/mol. The lowest BCUT2D eigenvalue weighted by atomic mass is 10.2. The average Bonchev–Trinajstić information content (AvgIpc) is 2.23. The van der Waals surface area contributed by atoms with Crippen molar-refractivity contribution in [3.8, 4) is 0 Å². The van der Waals surface area contributed by atoms with Crippen LogP contribution in [0, 0.1) is 0 Å². The molecule has 15 heavy (non-hydrogen) atoms. The highest BCUT2D eigenvalue weighted by atomic mass is 35.5. The van der Waals surface area contributed by atoms with Crippen LogP contribution in [0.2, 0.25) is 10.0 Å². The maximum absolute atomic E-state index is 9.32. The molecule has 0 aliphatic carbocycles. The molecule has 1 aromatic carbocycles. The third kappa shape index (κ3) is 4.39. The summed E-state index contributed by atoms with van der Waals surface area (Å²) in [5.74, 6) is 0. The first-order valence-electron chi connectivity index (χ1n) is 4.96. The fourth-order valence-corrected chi connectivity index (χ4v) is 1.50. The summed E-state index contributed by atoms with van der Waals surface area (Å²) in [6, 6.07) is 5.52. The summed E-state index contributed by atoms with van der Waals surface area (Å²) >= 11 is 11.7. The van der Waals surface area contributed by atoms with Gasteiger partial charge in [-0.15, -0.1) is 0 Å². The number of aliphatic hydroxyl groups is 1. The molecule has 0 heterocycles. The fraction of sp³-hybridized carbons (Fsp3) is 0.455. The van der Waals surface area contributed by atoms with Crippen molar-refractivity contribution in [2.45, 2.75) is 26.0 Å². The van der Waals surface area contributed by atoms with E-state index in [0.717, 1.165) is 12.0 Å². The van der Waals surface area contributed by atoms with E-state index in [9.17, 15) is 5.11 Å². The molecule has 1 rings (SSSR count). The first kappa shape index (κ1) is 12.8. The molecular formula is C11H15Cl2NO. The van der Waals surface area contributed by atoms with Gasteiger partial charge in [-0.05, 0) is 24.1 Å². The van der Waals surface area contributed by atoms with Crippen LogP contribution in [0.15, 0.2) is 18.2 Å². The molecule has 0 saturated carbocycles. The lowest BCUT2D eigenvalue weighted by molar-refractivity contribution is 0.167. The highest BCUT2D eigenvalue weighted by molar-refractivity contribution is 6.42. The van der Waals surface area contributed by atoms with Gasteiger partial charge >= 0.3 is 0 Å². The topological polar surface area (TPSA) is 32.3 Å². The van der Waals surface area contributed by atoms with Gasteiger partial charge in [0.05, 0.1) is 16.1 Å². The van der Waals surface area contributed by atoms with Crippen molar-refractivity contribution < 1.29 is 5.11 Å². The van der Waals surface area contributed by atoms with E-state index < -0.39 is 0 Å². The molecule has 0 aliphatic heterocycles. The van der Waals surface area contributed by atoms with E-state index >= 15 is 0 Å². The van der Waals surface area contributed by atoms with Crippen molar-refractivity contribution in [2.75, 3.05) is 6.54 Å². The molecule has 2 N–H and O–H groups in total. The second-order valence-electron chi connectivity index (χ2n) is 3.44. The van der Waals surface area contributed by atoms with E-state index in [4.69, 9.17) is 23.2 Å². The van der Waals surface area contributed by atoms with Gasteiger partial charge in [-0.1, -0.05) is 36.2 Å². The zero-order valence-corrected chi connectivity index (χ0v) is 10.1. The van der Waals surface area contributed by atoms with Gasteiger partial charge in [0.1, 0.15) is 0 Å². The Bertz CT molecular complexity index is 317. The van der Waals surface area contributed by atoms with E-state index in [-0.39, 0.29) is 6.10 Å². The predicted octanol–water partition coefficient (Wildman–Crippen LogP) is 2.85. The number of rotatable bonds is 5. The summed E-state index contributed by atoms with van der Waals surface area (Å²) in [5, 5.41) is 13.6. The number of aliphatic hydroxyl groups excluding tert-OH is 1. The van der Waals surface area contributed by atoms with E-state index in [1.165, 1.54) is 0 Å². The summed E-state index contributed by atoms with van der Waals surface area (Å²) in [4.78, 5) is 0. The molecule has 0 bridgehead atoms. The Kier molecular flexibility index (Phi) is 5.40. The van der Waals surface area contributed by atoms with Crippen LogP contribution >= 0.6 is 23.2 Å². The average molecular weight is 248 g/mol. The Morgan fingerprint density at radius 2 is 2.07 bits per heavy atom. The number of hydrogen-bond acceptors (Lipinski definition) is 2. The van der Waals surface area contributed by atoms with Gasteiger partial charge in [0.25, 0.3) is 0 Å². The number of hydrogen-bond donors (Lipinski definition) is 2. The summed E-state index contributed by atoms with van der Waals surface area (Å²) in [5.41, 5.74) is 1.06. The van der Waals surface area contributed by atoms with Crippen LogP contribution < -0.4 is 5.32 Å². The highest BCUT2D eigenvalue weighted by Gasteiger charge is 2.01. The van der Waals surface area contributed by atoms with E-state index in [0.29, 0.717) is 23.1 Å². The van der Waals surface area contributed by atoms with Crippen molar-refractivity contribution in [2.24, 2.45) is 0 Å². The Morgan fingerprint density at radius 1 is 1.33 bits per heavy atom. The minimum Gasteiger partial charge on any atom is -0.392 e. The summed E-state index contributed by atoms with van der Waals surface area (Å²) < 4.78 is 0. The van der Waals surface area contributed by atoms with Gasteiger partial charge in [-0.3, -0.25) is 0 Å². The van der Waals surface area contributed by atoms with Gasteiger partial charge < -0.3 is 10.4 Å². The van der Waals surface area contributed by atoms with Crippen LogP contribution in [-0.2, 0) is 6.54 Å². The molecule has 84 valence electrons. The molecule has 0 amide bonds. The molecule has 1 atom stereocenters. The number of nitrogens with one attached hydrogen (secondary N) is 1. The molecule has 0 saturated heterocycles. The molecule has 0 aliphatic rings. The van der Waals surface area contributed by atoms with E-state index in [1.807, 2.05) is 19.1 Å². The quantitative estimate of drug-likeness (QED) is 0.839. The molecular weight excluding hydrogens is 233 g/mol. The van der Waals surface area contributed by atoms with E-state index in [1.54, 1.807) is 6.07 Å². The molecule has 2 nitrogen and oxygen atoms in total. The van der Waals surface area contributed by atoms with Gasteiger partial charge in [0.2, 0.25) is 0 Å². The molecule has 1 unspecified atom stereocenters. The lowest BCUT2D eigenvalue weighted by Gasteiger charge is -2.09. The first-order valence-corrected chi connectivity index (χ1v) is 5.71. The van der Waals surface area contributed by atoms with Crippen LogP contribution in [0.4, 0.5) is 0 Å². The second kappa shape index (κ2) is 6.33. The smallest absolute Gasteiger partial charge is 0.0662 e. The van der Waals surface area contributed by atoms with Gasteiger partial charge in [0.15, 0.2) is 0 Å². The number of halogens is 2. The van der Waals surface area contributed by atoms with Crippen molar-refractivity contribution in [1.29, 1.82) is 0 Å². The standard InChI is InChI=1S/C11H15Cl2NO/c1-2-9(15)7-14-6-8-3-4-10(12)11(13)5-8/h3-5,9,14-15H,2,6-7H2,1H3. The second-order valence-corrected chi connectivity index (χ2v) is 4.26. The summed E-state index contributed by atoms with van der Waals surface area (Å²) in [6.07, 6.45) is 0.474. The molecule has 1 aromatic rings. The SMILES string of the molecule is CCC(O)CNCc1ccc(Cl)c(Cl)c1. The lowest BCUT2D eigenvalue weighted by Crippen LogP contribution is -2.25. The zero-order valence-electron chi connectivity index (χ0n) is 8.63. The largest absolute Gasteiger partial charge is 0.392 e. The van der Waals surface area contributed by atoms with Crippen LogP contribution in [-0.4, -0.2) is 17.8 Å². The summed E-state index contributed by atoms with van der Waals surface area (Å²) in [7, 11) is 0. The van der Waals surface area contributed by atoms with Crippen LogP contribution in [0.3, 0.4) is 0 Å². The minimum atomic E-state index is -0.284. The first-order chi connectivity index (χ1) is 7.13. The Morgan fingerprint density at radius 3 is 2.67 bits per heavy atom. The molecule has 0 radical (unpaired) electrons.